The van der Waals surface area contributed by atoms with E-state index in [0.717, 1.165) is 0 Å². The molecule has 0 aromatic carbocycles. The lowest BCUT2D eigenvalue weighted by Crippen LogP contribution is -2.12. The minimum atomic E-state index is -1.53. The van der Waals surface area contributed by atoms with Gasteiger partial charge in [-0.1, -0.05) is 0 Å². The standard InChI is InChI=1S/C11H10N2O5/c1-17-6-4-13-10(18-2)8-7(6)5(3-12-8)9(14)11(15)16/h3-4,12H,1-2H3,(H,15,16)/i9+2,11+2. The average Bonchev–Trinajstić information content (AvgIpc) is 2.81. The summed E-state index contributed by atoms with van der Waals surface area (Å²) in [7, 11) is 2.83. The summed E-state index contributed by atoms with van der Waals surface area (Å²) < 4.78 is 10.1. The molecule has 2 aromatic rings. The van der Waals surface area contributed by atoms with E-state index < -0.39 is 11.8 Å². The van der Waals surface area contributed by atoms with Crippen LogP contribution in [0.4, 0.5) is 0 Å². The molecule has 0 saturated heterocycles. The second kappa shape index (κ2) is 4.36. The molecule has 0 fully saturated rings. The summed E-state index contributed by atoms with van der Waals surface area (Å²) in [5.41, 5.74) is 0.427. The maximum atomic E-state index is 11.6. The largest absolute Gasteiger partial charge is 0.494 e. The van der Waals surface area contributed by atoms with Gasteiger partial charge >= 0.3 is 5.97 Å². The Hall–Kier alpha value is -2.57. The molecule has 2 aromatic heterocycles. The number of hydrogen-bond donors (Lipinski definition) is 2. The van der Waals surface area contributed by atoms with Crippen molar-refractivity contribution in [3.63, 3.8) is 0 Å². The third-order valence-corrected chi connectivity index (χ3v) is 2.49. The molecule has 2 heterocycles. The van der Waals surface area contributed by atoms with Gasteiger partial charge in [-0.25, -0.2) is 9.78 Å². The Morgan fingerprint density at radius 3 is 2.61 bits per heavy atom. The summed E-state index contributed by atoms with van der Waals surface area (Å²) in [5, 5.41) is 9.10. The van der Waals surface area contributed by atoms with E-state index in [4.69, 9.17) is 14.6 Å². The Labute approximate surface area is 101 Å². The maximum absolute atomic E-state index is 11.6. The van der Waals surface area contributed by atoms with Gasteiger partial charge in [-0.3, -0.25) is 4.79 Å². The van der Waals surface area contributed by atoms with Crippen molar-refractivity contribution in [2.45, 2.75) is 0 Å². The van der Waals surface area contributed by atoms with E-state index in [1.807, 2.05) is 0 Å². The first-order valence-corrected chi connectivity index (χ1v) is 4.95. The number of aromatic nitrogens is 2. The van der Waals surface area contributed by atoms with Crippen LogP contribution < -0.4 is 9.47 Å². The average molecular weight is 254 g/mol. The zero-order chi connectivity index (χ0) is 13.3. The molecule has 0 aliphatic heterocycles. The molecule has 7 heteroatoms. The molecule has 7 nitrogen and oxygen atoms in total. The number of carbonyl (C=O) groups excluding carboxylic acids is 1. The fourth-order valence-corrected chi connectivity index (χ4v) is 1.70. The molecule has 0 unspecified atom stereocenters. The fraction of sp³-hybridized carbons (Fsp3) is 0.182. The van der Waals surface area contributed by atoms with E-state index >= 15 is 0 Å². The van der Waals surface area contributed by atoms with Crippen LogP contribution >= 0.6 is 0 Å². The number of carboxylic acid groups (broad SMARTS) is 1. The normalized spacial score (nSPS) is 10.3. The van der Waals surface area contributed by atoms with Crippen LogP contribution in [0.15, 0.2) is 12.4 Å². The highest BCUT2D eigenvalue weighted by atomic mass is 16.7. The Balaban J connectivity index is 2.77. The van der Waals surface area contributed by atoms with Crippen LogP contribution in [0.1, 0.15) is 10.4 Å². The van der Waals surface area contributed by atoms with Crippen LogP contribution in [0.2, 0.25) is 0 Å². The lowest BCUT2D eigenvalue weighted by Gasteiger charge is -2.05. The van der Waals surface area contributed by atoms with Crippen LogP contribution in [0, 0.1) is 0 Å². The monoisotopic (exact) mass is 254 g/mol. The molecule has 2 N–H and O–H groups in total. The molecular formula is C11H10N2O5. The number of rotatable bonds is 4. The summed E-state index contributed by atoms with van der Waals surface area (Å²) in [4.78, 5) is 29.0. The first kappa shape index (κ1) is 11.9. The van der Waals surface area contributed by atoms with Crippen LogP contribution in [-0.4, -0.2) is 41.0 Å². The number of ketones is 1. The molecular weight excluding hydrogens is 244 g/mol. The number of aliphatic carboxylic acids is 1. The van der Waals surface area contributed by atoms with E-state index in [1.165, 1.54) is 26.6 Å². The van der Waals surface area contributed by atoms with Crippen molar-refractivity contribution in [1.29, 1.82) is 0 Å². The predicted molar refractivity (Wildman–Crippen MR) is 61.2 cm³/mol. The number of fused-ring (bicyclic) bond motifs is 1. The number of hydrogen-bond acceptors (Lipinski definition) is 5. The maximum Gasteiger partial charge on any atom is 0.377 e. The number of Topliss-reactive ketones (excluding diaryl/α,β-unsaturated/α-hetero) is 1. The number of H-pyrrole nitrogens is 1. The minimum absolute atomic E-state index is 0.00931. The third kappa shape index (κ3) is 1.65. The van der Waals surface area contributed by atoms with Crippen LogP contribution in [0.25, 0.3) is 10.9 Å². The number of nitrogens with one attached hydrogen (secondary N) is 1. The number of nitrogens with zero attached hydrogens (tertiary/aromatic N) is 1. The van der Waals surface area contributed by atoms with Gasteiger partial charge < -0.3 is 19.6 Å². The fourth-order valence-electron chi connectivity index (χ4n) is 1.70. The quantitative estimate of drug-likeness (QED) is 0.619. The number of ether oxygens (including phenoxy) is 2. The summed E-state index contributed by atoms with van der Waals surface area (Å²) in [5.74, 6) is -1.99. The number of carboxylic acids is 1. The van der Waals surface area contributed by atoms with Crippen molar-refractivity contribution in [1.82, 2.24) is 9.97 Å². The number of carbonyl (C=O) groups is 2. The molecule has 0 bridgehead atoms. The third-order valence-electron chi connectivity index (χ3n) is 2.49. The van der Waals surface area contributed by atoms with Gasteiger partial charge in [0.2, 0.25) is 5.88 Å². The van der Waals surface area contributed by atoms with Gasteiger partial charge in [0.05, 0.1) is 31.4 Å². The van der Waals surface area contributed by atoms with Gasteiger partial charge in [-0.05, 0) is 0 Å². The van der Waals surface area contributed by atoms with Gasteiger partial charge in [0.1, 0.15) is 11.3 Å². The molecule has 2 rings (SSSR count). The number of methoxy groups -OCH3 is 2. The summed E-state index contributed by atoms with van der Waals surface area (Å²) in [6.07, 6.45) is 2.67. The van der Waals surface area contributed by atoms with E-state index in [2.05, 4.69) is 9.97 Å². The van der Waals surface area contributed by atoms with E-state index in [0.29, 0.717) is 16.7 Å². The molecule has 0 amide bonds. The molecule has 94 valence electrons. The molecule has 0 spiro atoms. The topological polar surface area (TPSA) is 102 Å². The number of aromatic amines is 1. The Morgan fingerprint density at radius 2 is 2.06 bits per heavy atom. The van der Waals surface area contributed by atoms with Crippen molar-refractivity contribution >= 4 is 22.7 Å². The van der Waals surface area contributed by atoms with Gasteiger partial charge in [0.25, 0.3) is 5.78 Å². The zero-order valence-corrected chi connectivity index (χ0v) is 9.68. The van der Waals surface area contributed by atoms with Crippen molar-refractivity contribution in [2.24, 2.45) is 0 Å². The highest BCUT2D eigenvalue weighted by molar-refractivity contribution is 6.42. The summed E-state index contributed by atoms with van der Waals surface area (Å²) >= 11 is 0. The van der Waals surface area contributed by atoms with Crippen LogP contribution in [0.5, 0.6) is 11.6 Å². The van der Waals surface area contributed by atoms with E-state index in [1.54, 1.807) is 0 Å². The van der Waals surface area contributed by atoms with Gasteiger partial charge in [-0.15, -0.1) is 0 Å². The van der Waals surface area contributed by atoms with Gasteiger partial charge in [0.15, 0.2) is 0 Å². The van der Waals surface area contributed by atoms with Crippen LogP contribution in [0.3, 0.4) is 0 Å². The lowest BCUT2D eigenvalue weighted by atomic mass is 10.2. The molecule has 0 atom stereocenters. The van der Waals surface area contributed by atoms with Crippen molar-refractivity contribution in [3.05, 3.63) is 18.0 Å². The summed E-state index contributed by atoms with van der Waals surface area (Å²) in [6.45, 7) is 0. The van der Waals surface area contributed by atoms with Crippen molar-refractivity contribution in [2.75, 3.05) is 14.2 Å². The second-order valence-corrected chi connectivity index (χ2v) is 3.42. The lowest BCUT2D eigenvalue weighted by molar-refractivity contribution is -0.131. The molecule has 18 heavy (non-hydrogen) atoms. The van der Waals surface area contributed by atoms with Crippen LogP contribution in [-0.2, 0) is 4.79 Å². The highest BCUT2D eigenvalue weighted by Crippen LogP contribution is 2.33. The second-order valence-electron chi connectivity index (χ2n) is 3.42. The molecule has 0 aliphatic carbocycles. The first-order valence-electron chi connectivity index (χ1n) is 4.95. The van der Waals surface area contributed by atoms with E-state index in [-0.39, 0.29) is 11.4 Å². The molecule has 0 aliphatic rings. The van der Waals surface area contributed by atoms with Crippen molar-refractivity contribution in [3.8, 4) is 11.6 Å². The molecule has 0 radical (unpaired) electrons. The highest BCUT2D eigenvalue weighted by Gasteiger charge is 2.23. The SMILES string of the molecule is COc1ncc(OC)c2c([14C](=O)[14C](=O)O)c[nH]c12. The van der Waals surface area contributed by atoms with Crippen molar-refractivity contribution < 1.29 is 24.2 Å². The zero-order valence-electron chi connectivity index (χ0n) is 9.68. The van der Waals surface area contributed by atoms with E-state index in [9.17, 15) is 9.59 Å². The Morgan fingerprint density at radius 1 is 1.33 bits per heavy atom. The first-order chi connectivity index (χ1) is 8.60. The van der Waals surface area contributed by atoms with Gasteiger partial charge in [-0.2, -0.15) is 0 Å². The predicted octanol–water partition coefficient (Wildman–Crippen LogP) is 0.847. The Bertz CT molecular complexity index is 632. The Kier molecular flexibility index (Phi) is 2.88. The summed E-state index contributed by atoms with van der Waals surface area (Å²) in [6, 6.07) is 0. The minimum Gasteiger partial charge on any atom is -0.494 e. The van der Waals surface area contributed by atoms with Gasteiger partial charge in [0, 0.05) is 6.20 Å². The number of pyridine rings is 1. The smallest absolute Gasteiger partial charge is 0.377 e. The molecule has 0 saturated carbocycles.